The number of halogens is 2. The third-order valence-corrected chi connectivity index (χ3v) is 6.02. The second-order valence-corrected chi connectivity index (χ2v) is 8.79. The van der Waals surface area contributed by atoms with Crippen molar-refractivity contribution in [3.05, 3.63) is 11.9 Å². The van der Waals surface area contributed by atoms with Crippen molar-refractivity contribution in [2.45, 2.75) is 64.1 Å². The summed E-state index contributed by atoms with van der Waals surface area (Å²) >= 11 is 3.49. The van der Waals surface area contributed by atoms with Crippen LogP contribution in [0.3, 0.4) is 0 Å². The van der Waals surface area contributed by atoms with Gasteiger partial charge in [0.2, 0.25) is 0 Å². The number of hydrogen-bond donors (Lipinski definition) is 1. The minimum absolute atomic E-state index is 0.276. The summed E-state index contributed by atoms with van der Waals surface area (Å²) in [6, 6.07) is 0. The van der Waals surface area contributed by atoms with Crippen molar-refractivity contribution in [3.63, 3.8) is 0 Å². The molecule has 186 valence electrons. The lowest BCUT2D eigenvalue weighted by molar-refractivity contribution is -0.272. The Morgan fingerprint density at radius 1 is 1.06 bits per heavy atom. The fourth-order valence-electron chi connectivity index (χ4n) is 3.04. The molecule has 1 aromatic heterocycles. The summed E-state index contributed by atoms with van der Waals surface area (Å²) in [7, 11) is 1.51. The first kappa shape index (κ1) is 28.5. The number of rotatable bonds is 16. The summed E-state index contributed by atoms with van der Waals surface area (Å²) in [5.74, 6) is 0.648. The van der Waals surface area contributed by atoms with E-state index in [0.29, 0.717) is 44.6 Å². The van der Waals surface area contributed by atoms with Gasteiger partial charge in [0.15, 0.2) is 12.4 Å². The largest absolute Gasteiger partial charge is 0.387 e. The Kier molecular flexibility index (Phi) is 14.3. The highest BCUT2D eigenvalue weighted by atomic mass is 127. The van der Waals surface area contributed by atoms with Crippen LogP contribution in [0.15, 0.2) is 6.20 Å². The van der Waals surface area contributed by atoms with Gasteiger partial charge in [-0.2, -0.15) is 0 Å². The smallest absolute Gasteiger partial charge is 0.187 e. The standard InChI is InChI=1S/C19H33I2N3O8/c1-13(2)4-5-27-6-7-28-8-9-29-12-14-10-24(23-22-14)11-15-16(25)17(31-20)18(32-21)19(26-3)30-15/h10,13,15-19,25H,4-9,11-12H2,1-3H3. The number of nitrogens with zero attached hydrogens (tertiary/aromatic N) is 3. The van der Waals surface area contributed by atoms with E-state index < -0.39 is 30.7 Å². The highest BCUT2D eigenvalue weighted by Gasteiger charge is 2.47. The fraction of sp³-hybridized carbons (Fsp3) is 0.895. The Balaban J connectivity index is 1.66. The molecule has 13 heteroatoms. The van der Waals surface area contributed by atoms with Crippen molar-refractivity contribution in [2.24, 2.45) is 5.92 Å². The summed E-state index contributed by atoms with van der Waals surface area (Å²) in [6.45, 7) is 7.78. The molecule has 1 aromatic rings. The van der Waals surface area contributed by atoms with Crippen molar-refractivity contribution in [3.8, 4) is 0 Å². The topological polar surface area (TPSA) is 116 Å². The van der Waals surface area contributed by atoms with Crippen LogP contribution >= 0.6 is 46.0 Å². The Morgan fingerprint density at radius 2 is 1.72 bits per heavy atom. The van der Waals surface area contributed by atoms with Gasteiger partial charge in [-0.15, -0.1) is 5.10 Å². The van der Waals surface area contributed by atoms with Crippen molar-refractivity contribution in [2.75, 3.05) is 40.1 Å². The second-order valence-electron chi connectivity index (χ2n) is 7.77. The van der Waals surface area contributed by atoms with E-state index in [9.17, 15) is 5.11 Å². The van der Waals surface area contributed by atoms with E-state index in [1.165, 1.54) is 7.11 Å². The van der Waals surface area contributed by atoms with Crippen LogP contribution in [0.2, 0.25) is 0 Å². The van der Waals surface area contributed by atoms with Gasteiger partial charge in [-0.25, -0.2) is 4.68 Å². The summed E-state index contributed by atoms with van der Waals surface area (Å²) in [6.07, 6.45) is -0.555. The number of ether oxygens (including phenoxy) is 5. The maximum absolute atomic E-state index is 10.6. The van der Waals surface area contributed by atoms with E-state index >= 15 is 0 Å². The number of aromatic nitrogens is 3. The monoisotopic (exact) mass is 685 g/mol. The zero-order valence-electron chi connectivity index (χ0n) is 18.6. The van der Waals surface area contributed by atoms with Gasteiger partial charge in [0, 0.05) is 13.7 Å². The van der Waals surface area contributed by atoms with Crippen LogP contribution in [0.4, 0.5) is 0 Å². The maximum Gasteiger partial charge on any atom is 0.187 e. The molecule has 0 radical (unpaired) electrons. The summed E-state index contributed by atoms with van der Waals surface area (Å²) < 4.78 is 40.0. The molecule has 0 bridgehead atoms. The molecule has 1 aliphatic rings. The van der Waals surface area contributed by atoms with Crippen molar-refractivity contribution < 1.29 is 34.9 Å². The van der Waals surface area contributed by atoms with Crippen molar-refractivity contribution in [1.29, 1.82) is 0 Å². The first-order chi connectivity index (χ1) is 15.5. The molecule has 1 N–H and O–H groups in total. The Bertz CT molecular complexity index is 627. The van der Waals surface area contributed by atoms with Crippen LogP contribution in [0.1, 0.15) is 26.0 Å². The molecule has 5 unspecified atom stereocenters. The van der Waals surface area contributed by atoms with Crippen LogP contribution < -0.4 is 0 Å². The van der Waals surface area contributed by atoms with Crippen LogP contribution in [0.25, 0.3) is 0 Å². The van der Waals surface area contributed by atoms with E-state index in [1.807, 2.05) is 0 Å². The maximum atomic E-state index is 10.6. The molecule has 0 aliphatic carbocycles. The quantitative estimate of drug-likeness (QED) is 0.205. The lowest BCUT2D eigenvalue weighted by Gasteiger charge is -2.41. The minimum atomic E-state index is -0.923. The lowest BCUT2D eigenvalue weighted by Crippen LogP contribution is -2.59. The number of aliphatic hydroxyl groups excluding tert-OH is 1. The second kappa shape index (κ2) is 16.0. The zero-order valence-corrected chi connectivity index (χ0v) is 22.9. The SMILES string of the molecule is COC1OC(Cn2cc(COCCOCCOCCC(C)C)nn2)C(O)C(OI)C1OI. The van der Waals surface area contributed by atoms with Crippen molar-refractivity contribution >= 4 is 46.0 Å². The molecular formula is C19H33I2N3O8. The molecule has 11 nitrogen and oxygen atoms in total. The third kappa shape index (κ3) is 9.50. The summed E-state index contributed by atoms with van der Waals surface area (Å²) in [5.41, 5.74) is 0.672. The van der Waals surface area contributed by atoms with Gasteiger partial charge in [-0.05, 0) is 12.3 Å². The fourth-order valence-corrected chi connectivity index (χ4v) is 4.16. The van der Waals surface area contributed by atoms with Crippen LogP contribution in [0.5, 0.6) is 0 Å². The highest BCUT2D eigenvalue weighted by Crippen LogP contribution is 2.29. The Morgan fingerprint density at radius 3 is 2.34 bits per heavy atom. The van der Waals surface area contributed by atoms with Gasteiger partial charge in [0.05, 0.1) is 45.8 Å². The average Bonchev–Trinajstić information content (AvgIpc) is 3.22. The molecule has 0 spiro atoms. The predicted molar refractivity (Wildman–Crippen MR) is 130 cm³/mol. The molecule has 2 rings (SSSR count). The van der Waals surface area contributed by atoms with Crippen LogP contribution in [-0.2, 0) is 43.0 Å². The van der Waals surface area contributed by atoms with Gasteiger partial charge < -0.3 is 34.9 Å². The summed E-state index contributed by atoms with van der Waals surface area (Å²) in [5, 5.41) is 18.8. The van der Waals surface area contributed by atoms with Gasteiger partial charge in [-0.3, -0.25) is 0 Å². The van der Waals surface area contributed by atoms with Gasteiger partial charge in [0.25, 0.3) is 0 Å². The molecule has 1 fully saturated rings. The molecular weight excluding hydrogens is 652 g/mol. The molecule has 0 aromatic carbocycles. The van der Waals surface area contributed by atoms with Crippen LogP contribution in [-0.4, -0.2) is 91.0 Å². The van der Waals surface area contributed by atoms with E-state index in [4.69, 9.17) is 29.8 Å². The Labute approximate surface area is 217 Å². The third-order valence-electron chi connectivity index (χ3n) is 4.84. The first-order valence-corrected chi connectivity index (χ1v) is 12.3. The zero-order chi connectivity index (χ0) is 23.3. The van der Waals surface area contributed by atoms with E-state index in [1.54, 1.807) is 56.9 Å². The van der Waals surface area contributed by atoms with Crippen LogP contribution in [0, 0.1) is 5.92 Å². The molecule has 1 saturated heterocycles. The molecule has 32 heavy (non-hydrogen) atoms. The number of hydrogen-bond acceptors (Lipinski definition) is 10. The predicted octanol–water partition coefficient (Wildman–Crippen LogP) is 2.08. The minimum Gasteiger partial charge on any atom is -0.387 e. The highest BCUT2D eigenvalue weighted by molar-refractivity contribution is 14.1. The molecule has 0 amide bonds. The van der Waals surface area contributed by atoms with E-state index in [-0.39, 0.29) is 6.54 Å². The Hall–Kier alpha value is 0.280. The van der Waals surface area contributed by atoms with E-state index in [2.05, 4.69) is 24.2 Å². The van der Waals surface area contributed by atoms with Gasteiger partial charge in [-0.1, -0.05) is 19.1 Å². The van der Waals surface area contributed by atoms with Crippen molar-refractivity contribution in [1.82, 2.24) is 15.0 Å². The molecule has 0 saturated carbocycles. The molecule has 1 aliphatic heterocycles. The first-order valence-electron chi connectivity index (χ1n) is 10.5. The number of aliphatic hydroxyl groups is 1. The van der Waals surface area contributed by atoms with Gasteiger partial charge >= 0.3 is 0 Å². The normalized spacial score (nSPS) is 26.2. The summed E-state index contributed by atoms with van der Waals surface area (Å²) in [4.78, 5) is 0. The number of methoxy groups -OCH3 is 1. The van der Waals surface area contributed by atoms with Gasteiger partial charge in [0.1, 0.15) is 70.0 Å². The molecule has 2 heterocycles. The lowest BCUT2D eigenvalue weighted by atomic mass is 9.99. The average molecular weight is 685 g/mol. The molecule has 5 atom stereocenters. The van der Waals surface area contributed by atoms with E-state index in [0.717, 1.165) is 13.0 Å².